The zero-order valence-electron chi connectivity index (χ0n) is 15.3. The fraction of sp³-hybridized carbons (Fsp3) is 0.526. The molecule has 0 unspecified atom stereocenters. The minimum Gasteiger partial charge on any atom is -0.490 e. The van der Waals surface area contributed by atoms with Crippen molar-refractivity contribution >= 4 is 22.4 Å². The van der Waals surface area contributed by atoms with Gasteiger partial charge in [-0.15, -0.1) is 11.3 Å². The molecule has 1 saturated carbocycles. The van der Waals surface area contributed by atoms with E-state index in [1.807, 2.05) is 26.0 Å². The molecule has 0 aromatic carbocycles. The van der Waals surface area contributed by atoms with Crippen LogP contribution in [0.5, 0.6) is 5.75 Å². The molecule has 0 spiro atoms. The Balaban J connectivity index is 1.69. The Kier molecular flexibility index (Phi) is 6.57. The van der Waals surface area contributed by atoms with E-state index in [4.69, 9.17) is 9.47 Å². The minimum absolute atomic E-state index is 0.132. The summed E-state index contributed by atoms with van der Waals surface area (Å²) in [6.45, 7) is 4.94. The number of ether oxygens (including phenoxy) is 2. The summed E-state index contributed by atoms with van der Waals surface area (Å²) in [6.07, 6.45) is 6.78. The van der Waals surface area contributed by atoms with Gasteiger partial charge in [-0.2, -0.15) is 0 Å². The summed E-state index contributed by atoms with van der Waals surface area (Å²) >= 11 is 1.46. The predicted molar refractivity (Wildman–Crippen MR) is 102 cm³/mol. The largest absolute Gasteiger partial charge is 0.490 e. The Labute approximate surface area is 158 Å². The molecule has 1 fully saturated rings. The van der Waals surface area contributed by atoms with Crippen molar-refractivity contribution < 1.29 is 14.3 Å². The van der Waals surface area contributed by atoms with Gasteiger partial charge in [0.2, 0.25) is 5.91 Å². The number of hydrogen-bond donors (Lipinski definition) is 1. The van der Waals surface area contributed by atoms with E-state index in [0.29, 0.717) is 24.0 Å². The maximum atomic E-state index is 12.3. The zero-order chi connectivity index (χ0) is 18.4. The third kappa shape index (κ3) is 5.51. The Morgan fingerprint density at radius 2 is 2.08 bits per heavy atom. The van der Waals surface area contributed by atoms with E-state index in [2.05, 4.69) is 15.3 Å². The van der Waals surface area contributed by atoms with Crippen LogP contribution in [0, 0.1) is 6.92 Å². The first kappa shape index (κ1) is 18.8. The van der Waals surface area contributed by atoms with E-state index >= 15 is 0 Å². The van der Waals surface area contributed by atoms with E-state index in [9.17, 15) is 4.79 Å². The molecule has 140 valence electrons. The van der Waals surface area contributed by atoms with Gasteiger partial charge in [0.25, 0.3) is 0 Å². The molecule has 1 aliphatic carbocycles. The van der Waals surface area contributed by atoms with Gasteiger partial charge < -0.3 is 14.8 Å². The number of aromatic nitrogens is 2. The molecule has 7 heteroatoms. The second-order valence-electron chi connectivity index (χ2n) is 6.45. The molecule has 0 saturated heterocycles. The molecule has 6 nitrogen and oxygen atoms in total. The Morgan fingerprint density at radius 3 is 2.77 bits per heavy atom. The van der Waals surface area contributed by atoms with Crippen molar-refractivity contribution in [2.45, 2.75) is 58.7 Å². The Hall–Kier alpha value is -1.99. The summed E-state index contributed by atoms with van der Waals surface area (Å²) in [5.74, 6) is 0.640. The third-order valence-corrected chi connectivity index (χ3v) is 5.00. The third-order valence-electron chi connectivity index (χ3n) is 4.17. The van der Waals surface area contributed by atoms with Crippen molar-refractivity contribution in [2.24, 2.45) is 0 Å². The summed E-state index contributed by atoms with van der Waals surface area (Å²) in [4.78, 5) is 22.1. The van der Waals surface area contributed by atoms with Crippen LogP contribution in [0.25, 0.3) is 0 Å². The fourth-order valence-electron chi connectivity index (χ4n) is 3.00. The minimum atomic E-state index is -0.132. The summed E-state index contributed by atoms with van der Waals surface area (Å²) in [5, 5.41) is 3.43. The summed E-state index contributed by atoms with van der Waals surface area (Å²) in [6, 6.07) is 3.78. The van der Waals surface area contributed by atoms with Crippen molar-refractivity contribution in [1.82, 2.24) is 9.97 Å². The number of hydrogen-bond acceptors (Lipinski definition) is 6. The van der Waals surface area contributed by atoms with Crippen molar-refractivity contribution in [2.75, 3.05) is 11.9 Å². The zero-order valence-corrected chi connectivity index (χ0v) is 16.1. The lowest BCUT2D eigenvalue weighted by atomic mass is 10.2. The van der Waals surface area contributed by atoms with Crippen LogP contribution < -0.4 is 10.1 Å². The number of anilines is 1. The van der Waals surface area contributed by atoms with Gasteiger partial charge in [-0.3, -0.25) is 9.78 Å². The number of nitrogens with zero attached hydrogens (tertiary/aromatic N) is 2. The van der Waals surface area contributed by atoms with Crippen molar-refractivity contribution in [3.05, 3.63) is 34.6 Å². The molecule has 0 radical (unpaired) electrons. The maximum absolute atomic E-state index is 12.3. The average molecular weight is 375 g/mol. The molecular weight excluding hydrogens is 350 g/mol. The molecule has 1 amide bonds. The topological polar surface area (TPSA) is 73.3 Å². The first-order valence-electron chi connectivity index (χ1n) is 9.09. The van der Waals surface area contributed by atoms with Gasteiger partial charge in [0.15, 0.2) is 5.13 Å². The number of aryl methyl sites for hydroxylation is 1. The van der Waals surface area contributed by atoms with Gasteiger partial charge in [-0.1, -0.05) is 0 Å². The highest BCUT2D eigenvalue weighted by Crippen LogP contribution is 2.25. The first-order valence-corrected chi connectivity index (χ1v) is 9.90. The van der Waals surface area contributed by atoms with E-state index in [1.54, 1.807) is 6.20 Å². The van der Waals surface area contributed by atoms with Crippen molar-refractivity contribution in [1.29, 1.82) is 0 Å². The molecule has 26 heavy (non-hydrogen) atoms. The summed E-state index contributed by atoms with van der Waals surface area (Å²) in [5.41, 5.74) is 1.47. The van der Waals surface area contributed by atoms with Crippen LogP contribution in [0.15, 0.2) is 18.3 Å². The molecule has 2 aromatic heterocycles. The van der Waals surface area contributed by atoms with E-state index < -0.39 is 0 Å². The van der Waals surface area contributed by atoms with E-state index in [-0.39, 0.29) is 18.4 Å². The molecule has 1 aliphatic rings. The highest BCUT2D eigenvalue weighted by molar-refractivity contribution is 7.15. The second kappa shape index (κ2) is 9.09. The smallest absolute Gasteiger partial charge is 0.232 e. The normalized spacial score (nSPS) is 14.5. The molecule has 3 rings (SSSR count). The monoisotopic (exact) mass is 375 g/mol. The Morgan fingerprint density at radius 1 is 1.31 bits per heavy atom. The molecule has 0 aliphatic heterocycles. The van der Waals surface area contributed by atoms with E-state index in [1.165, 1.54) is 24.2 Å². The summed E-state index contributed by atoms with van der Waals surface area (Å²) in [7, 11) is 0. The highest BCUT2D eigenvalue weighted by atomic mass is 32.1. The standard InChI is InChI=1S/C19H25N3O3S/c1-3-24-12-15-9-17(25-16-6-4-5-7-16)8-14(21-15)10-18(23)22-19-20-11-13(2)26-19/h8-9,11,16H,3-7,10,12H2,1-2H3,(H,20,22,23). The average Bonchev–Trinajstić information content (AvgIpc) is 3.24. The van der Waals surface area contributed by atoms with Gasteiger partial charge in [-0.25, -0.2) is 4.98 Å². The molecular formula is C19H25N3O3S. The van der Waals surface area contributed by atoms with Gasteiger partial charge >= 0.3 is 0 Å². The molecule has 2 aromatic rings. The van der Waals surface area contributed by atoms with Gasteiger partial charge in [0.1, 0.15) is 5.75 Å². The number of amides is 1. The number of pyridine rings is 1. The van der Waals surface area contributed by atoms with Crippen molar-refractivity contribution in [3.63, 3.8) is 0 Å². The van der Waals surface area contributed by atoms with Gasteiger partial charge in [0, 0.05) is 29.8 Å². The predicted octanol–water partition coefficient (Wildman–Crippen LogP) is 3.89. The van der Waals surface area contributed by atoms with Gasteiger partial charge in [-0.05, 0) is 39.5 Å². The highest BCUT2D eigenvalue weighted by Gasteiger charge is 2.18. The first-order chi connectivity index (χ1) is 12.6. The lowest BCUT2D eigenvalue weighted by Gasteiger charge is -2.15. The van der Waals surface area contributed by atoms with Crippen LogP contribution in [-0.4, -0.2) is 28.6 Å². The fourth-order valence-corrected chi connectivity index (χ4v) is 3.68. The van der Waals surface area contributed by atoms with Gasteiger partial charge in [0.05, 0.1) is 30.5 Å². The lowest BCUT2D eigenvalue weighted by molar-refractivity contribution is -0.115. The number of rotatable bonds is 8. The second-order valence-corrected chi connectivity index (χ2v) is 7.68. The number of nitrogens with one attached hydrogen (secondary N) is 1. The van der Waals surface area contributed by atoms with Crippen LogP contribution in [0.4, 0.5) is 5.13 Å². The number of carbonyl (C=O) groups excluding carboxylic acids is 1. The number of carbonyl (C=O) groups is 1. The van der Waals surface area contributed by atoms with Crippen LogP contribution in [0.3, 0.4) is 0 Å². The molecule has 0 atom stereocenters. The van der Waals surface area contributed by atoms with Crippen molar-refractivity contribution in [3.8, 4) is 5.75 Å². The van der Waals surface area contributed by atoms with Crippen LogP contribution in [0.1, 0.15) is 48.9 Å². The number of thiazole rings is 1. The molecule has 0 bridgehead atoms. The SMILES string of the molecule is CCOCc1cc(OC2CCCC2)cc(CC(=O)Nc2ncc(C)s2)n1. The summed E-state index contributed by atoms with van der Waals surface area (Å²) < 4.78 is 11.6. The van der Waals surface area contributed by atoms with Crippen LogP contribution in [-0.2, 0) is 22.6 Å². The van der Waals surface area contributed by atoms with Crippen LogP contribution >= 0.6 is 11.3 Å². The van der Waals surface area contributed by atoms with E-state index in [0.717, 1.165) is 29.2 Å². The lowest BCUT2D eigenvalue weighted by Crippen LogP contribution is -2.16. The maximum Gasteiger partial charge on any atom is 0.232 e. The molecule has 2 heterocycles. The Bertz CT molecular complexity index is 741. The molecule has 1 N–H and O–H groups in total. The van der Waals surface area contributed by atoms with Crippen LogP contribution in [0.2, 0.25) is 0 Å². The quantitative estimate of drug-likeness (QED) is 0.758.